The van der Waals surface area contributed by atoms with Gasteiger partial charge in [0.1, 0.15) is 0 Å². The van der Waals surface area contributed by atoms with Crippen molar-refractivity contribution < 1.29 is 14.3 Å². The van der Waals surface area contributed by atoms with E-state index in [0.717, 1.165) is 36.2 Å². The van der Waals surface area contributed by atoms with Gasteiger partial charge < -0.3 is 19.8 Å². The minimum atomic E-state index is -0.0209. The maximum Gasteiger partial charge on any atom is 0.231 e. The fourth-order valence-electron chi connectivity index (χ4n) is 3.97. The van der Waals surface area contributed by atoms with Crippen LogP contribution in [0.3, 0.4) is 0 Å². The van der Waals surface area contributed by atoms with Crippen LogP contribution < -0.4 is 14.8 Å². The van der Waals surface area contributed by atoms with Gasteiger partial charge in [0.25, 0.3) is 0 Å². The molecular formula is C21H20N2O3. The minimum absolute atomic E-state index is 0.0209. The van der Waals surface area contributed by atoms with E-state index in [-0.39, 0.29) is 18.6 Å². The average molecular weight is 348 g/mol. The molecule has 2 N–H and O–H groups in total. The van der Waals surface area contributed by atoms with E-state index in [9.17, 15) is 4.79 Å². The summed E-state index contributed by atoms with van der Waals surface area (Å²) < 4.78 is 10.7. The molecule has 0 bridgehead atoms. The normalized spacial score (nSPS) is 18.0. The first kappa shape index (κ1) is 15.3. The first-order valence-corrected chi connectivity index (χ1v) is 8.98. The Kier molecular flexibility index (Phi) is 3.42. The second-order valence-electron chi connectivity index (χ2n) is 7.13. The summed E-state index contributed by atoms with van der Waals surface area (Å²) in [5, 5.41) is 4.29. The van der Waals surface area contributed by atoms with Gasteiger partial charge >= 0.3 is 0 Å². The molecule has 0 saturated heterocycles. The summed E-state index contributed by atoms with van der Waals surface area (Å²) in [6, 6.07) is 12.0. The van der Waals surface area contributed by atoms with Crippen LogP contribution in [-0.4, -0.2) is 17.7 Å². The molecule has 1 aliphatic heterocycles. The molecule has 0 saturated carbocycles. The van der Waals surface area contributed by atoms with E-state index in [0.29, 0.717) is 5.75 Å². The zero-order chi connectivity index (χ0) is 17.7. The zero-order valence-electron chi connectivity index (χ0n) is 14.6. The number of hydrogen-bond donors (Lipinski definition) is 2. The molecule has 3 aromatic rings. The number of ether oxygens (including phenoxy) is 2. The molecule has 0 fully saturated rings. The van der Waals surface area contributed by atoms with Gasteiger partial charge in [-0.15, -0.1) is 0 Å². The summed E-state index contributed by atoms with van der Waals surface area (Å²) in [5.41, 5.74) is 5.72. The van der Waals surface area contributed by atoms with Crippen LogP contribution in [0.25, 0.3) is 10.9 Å². The Morgan fingerprint density at radius 3 is 2.96 bits per heavy atom. The largest absolute Gasteiger partial charge is 0.454 e. The third kappa shape index (κ3) is 2.51. The Hall–Kier alpha value is -2.95. The highest BCUT2D eigenvalue weighted by atomic mass is 16.7. The first-order chi connectivity index (χ1) is 12.7. The first-order valence-electron chi connectivity index (χ1n) is 8.98. The zero-order valence-corrected chi connectivity index (χ0v) is 14.6. The smallest absolute Gasteiger partial charge is 0.231 e. The average Bonchev–Trinajstić information content (AvgIpc) is 3.24. The molecule has 5 heteroatoms. The Morgan fingerprint density at radius 1 is 1.15 bits per heavy atom. The van der Waals surface area contributed by atoms with Gasteiger partial charge in [0.15, 0.2) is 11.5 Å². The highest BCUT2D eigenvalue weighted by molar-refractivity contribution is 5.94. The third-order valence-corrected chi connectivity index (χ3v) is 5.35. The third-order valence-electron chi connectivity index (χ3n) is 5.35. The number of carbonyl (C=O) groups excluding carboxylic acids is 1. The van der Waals surface area contributed by atoms with Gasteiger partial charge in [0.2, 0.25) is 12.7 Å². The summed E-state index contributed by atoms with van der Waals surface area (Å²) in [5.74, 6) is 1.45. The number of benzene rings is 2. The molecule has 5 rings (SSSR count). The predicted octanol–water partition coefficient (Wildman–Crippen LogP) is 3.95. The maximum atomic E-state index is 12.8. The van der Waals surface area contributed by atoms with Crippen molar-refractivity contribution in [2.45, 2.75) is 26.2 Å². The van der Waals surface area contributed by atoms with Crippen molar-refractivity contribution in [1.82, 2.24) is 4.98 Å². The fourth-order valence-corrected chi connectivity index (χ4v) is 3.97. The molecule has 1 aliphatic carbocycles. The molecule has 26 heavy (non-hydrogen) atoms. The number of rotatable bonds is 2. The van der Waals surface area contributed by atoms with Gasteiger partial charge in [-0.2, -0.15) is 0 Å². The lowest BCUT2D eigenvalue weighted by molar-refractivity contribution is -0.120. The topological polar surface area (TPSA) is 63.4 Å². The van der Waals surface area contributed by atoms with Crippen molar-refractivity contribution >= 4 is 22.5 Å². The maximum absolute atomic E-state index is 12.8. The van der Waals surface area contributed by atoms with Crippen LogP contribution >= 0.6 is 0 Å². The molecule has 0 spiro atoms. The summed E-state index contributed by atoms with van der Waals surface area (Å²) in [6.45, 7) is 2.34. The molecule has 5 nitrogen and oxygen atoms in total. The number of hydrogen-bond acceptors (Lipinski definition) is 3. The molecule has 1 amide bonds. The van der Waals surface area contributed by atoms with Gasteiger partial charge in [-0.25, -0.2) is 0 Å². The summed E-state index contributed by atoms with van der Waals surface area (Å²) in [7, 11) is 0. The fraction of sp³-hybridized carbons (Fsp3) is 0.286. The molecule has 2 aromatic carbocycles. The van der Waals surface area contributed by atoms with Crippen LogP contribution in [0.4, 0.5) is 5.69 Å². The van der Waals surface area contributed by atoms with E-state index in [1.54, 1.807) is 0 Å². The van der Waals surface area contributed by atoms with E-state index in [1.807, 2.05) is 18.2 Å². The van der Waals surface area contributed by atoms with Crippen molar-refractivity contribution in [3.8, 4) is 11.5 Å². The second-order valence-corrected chi connectivity index (χ2v) is 7.13. The van der Waals surface area contributed by atoms with Crippen LogP contribution in [0.5, 0.6) is 11.5 Å². The van der Waals surface area contributed by atoms with Crippen LogP contribution in [0, 0.1) is 12.8 Å². The SMILES string of the molecule is Cc1ccc2[nH]c3c(c2c1)CC(C(=O)Nc1ccc2c(c1)OCO2)CC3. The molecule has 132 valence electrons. The van der Waals surface area contributed by atoms with Crippen molar-refractivity contribution in [3.63, 3.8) is 0 Å². The number of aryl methyl sites for hydroxylation is 2. The Bertz CT molecular complexity index is 1020. The quantitative estimate of drug-likeness (QED) is 0.737. The van der Waals surface area contributed by atoms with Gasteiger partial charge in [-0.1, -0.05) is 11.6 Å². The van der Waals surface area contributed by atoms with E-state index < -0.39 is 0 Å². The second kappa shape index (κ2) is 5.80. The van der Waals surface area contributed by atoms with E-state index in [4.69, 9.17) is 9.47 Å². The number of aromatic amines is 1. The lowest BCUT2D eigenvalue weighted by Gasteiger charge is -2.22. The lowest BCUT2D eigenvalue weighted by atomic mass is 9.85. The van der Waals surface area contributed by atoms with Gasteiger partial charge in [0.05, 0.1) is 0 Å². The predicted molar refractivity (Wildman–Crippen MR) is 99.7 cm³/mol. The minimum Gasteiger partial charge on any atom is -0.454 e. The number of aromatic nitrogens is 1. The number of carbonyl (C=O) groups is 1. The molecule has 1 atom stereocenters. The van der Waals surface area contributed by atoms with Crippen LogP contribution in [0.1, 0.15) is 23.2 Å². The van der Waals surface area contributed by atoms with Crippen LogP contribution in [0.2, 0.25) is 0 Å². The Labute approximate surface area is 151 Å². The van der Waals surface area contributed by atoms with Gasteiger partial charge in [-0.05, 0) is 56.0 Å². The summed E-state index contributed by atoms with van der Waals surface area (Å²) in [6.07, 6.45) is 2.53. The van der Waals surface area contributed by atoms with E-state index in [1.165, 1.54) is 22.2 Å². The van der Waals surface area contributed by atoms with Crippen LogP contribution in [0.15, 0.2) is 36.4 Å². The van der Waals surface area contributed by atoms with E-state index >= 15 is 0 Å². The number of fused-ring (bicyclic) bond motifs is 4. The Morgan fingerprint density at radius 2 is 2.04 bits per heavy atom. The van der Waals surface area contributed by atoms with Crippen molar-refractivity contribution in [3.05, 3.63) is 53.2 Å². The van der Waals surface area contributed by atoms with Crippen molar-refractivity contribution in [1.29, 1.82) is 0 Å². The standard InChI is InChI=1S/C21H20N2O3/c1-12-2-5-17-15(8-12)16-9-13(3-6-18(16)23-17)21(24)22-14-4-7-19-20(10-14)26-11-25-19/h2,4-5,7-8,10,13,23H,3,6,9,11H2,1H3,(H,22,24). The lowest BCUT2D eigenvalue weighted by Crippen LogP contribution is -2.28. The molecule has 2 heterocycles. The van der Waals surface area contributed by atoms with Crippen LogP contribution in [-0.2, 0) is 17.6 Å². The molecule has 2 aliphatic rings. The molecule has 0 radical (unpaired) electrons. The monoisotopic (exact) mass is 348 g/mol. The number of H-pyrrole nitrogens is 1. The molecule has 1 unspecified atom stereocenters. The molecule has 1 aromatic heterocycles. The van der Waals surface area contributed by atoms with Crippen molar-refractivity contribution in [2.75, 3.05) is 12.1 Å². The summed E-state index contributed by atoms with van der Waals surface area (Å²) in [4.78, 5) is 16.3. The Balaban J connectivity index is 1.37. The van der Waals surface area contributed by atoms with Gasteiger partial charge in [0, 0.05) is 34.3 Å². The highest BCUT2D eigenvalue weighted by Crippen LogP contribution is 2.35. The molecular weight excluding hydrogens is 328 g/mol. The van der Waals surface area contributed by atoms with E-state index in [2.05, 4.69) is 35.4 Å². The summed E-state index contributed by atoms with van der Waals surface area (Å²) >= 11 is 0. The van der Waals surface area contributed by atoms with Crippen molar-refractivity contribution in [2.24, 2.45) is 5.92 Å². The highest BCUT2D eigenvalue weighted by Gasteiger charge is 2.27. The number of anilines is 1. The number of nitrogens with one attached hydrogen (secondary N) is 2. The number of amides is 1. The van der Waals surface area contributed by atoms with Gasteiger partial charge in [-0.3, -0.25) is 4.79 Å².